The second-order valence-electron chi connectivity index (χ2n) is 8.37. The lowest BCUT2D eigenvalue weighted by atomic mass is 9.96. The van der Waals surface area contributed by atoms with Gasteiger partial charge in [-0.15, -0.1) is 11.3 Å². The summed E-state index contributed by atoms with van der Waals surface area (Å²) in [5.41, 5.74) is 2.89. The van der Waals surface area contributed by atoms with Gasteiger partial charge in [-0.05, 0) is 60.7 Å². The molecule has 4 nitrogen and oxygen atoms in total. The highest BCUT2D eigenvalue weighted by molar-refractivity contribution is 7.18. The molecule has 1 amide bonds. The monoisotopic (exact) mass is 497 g/mol. The van der Waals surface area contributed by atoms with E-state index in [1.165, 1.54) is 12.1 Å². The molecule has 3 aromatic carbocycles. The zero-order valence-electron chi connectivity index (χ0n) is 19.4. The lowest BCUT2D eigenvalue weighted by molar-refractivity contribution is -0.137. The van der Waals surface area contributed by atoms with Gasteiger partial charge in [0.05, 0.1) is 20.8 Å². The SMILES string of the molecule is CNC(=O)C(NC(CCc1ccc(C(F)(F)F)cc1)c1ccc2nc(C)sc2c1)c1ccccc1. The molecule has 0 bridgehead atoms. The third kappa shape index (κ3) is 6.07. The van der Waals surface area contributed by atoms with Crippen LogP contribution in [-0.4, -0.2) is 17.9 Å². The fourth-order valence-corrected chi connectivity index (χ4v) is 4.98. The van der Waals surface area contributed by atoms with Gasteiger partial charge in [-0.25, -0.2) is 4.98 Å². The van der Waals surface area contributed by atoms with Gasteiger partial charge < -0.3 is 5.32 Å². The summed E-state index contributed by atoms with van der Waals surface area (Å²) < 4.78 is 39.9. The zero-order valence-corrected chi connectivity index (χ0v) is 20.2. The maximum Gasteiger partial charge on any atom is 0.416 e. The van der Waals surface area contributed by atoms with E-state index in [4.69, 9.17) is 0 Å². The molecule has 0 aliphatic heterocycles. The number of likely N-dealkylation sites (N-methyl/N-ethyl adjacent to an activating group) is 1. The summed E-state index contributed by atoms with van der Waals surface area (Å²) in [6.45, 7) is 1.96. The minimum absolute atomic E-state index is 0.162. The first kappa shape index (κ1) is 24.9. The molecule has 1 heterocycles. The van der Waals surface area contributed by atoms with Gasteiger partial charge >= 0.3 is 6.18 Å². The van der Waals surface area contributed by atoms with Crippen molar-refractivity contribution in [1.29, 1.82) is 0 Å². The number of nitrogens with one attached hydrogen (secondary N) is 2. The van der Waals surface area contributed by atoms with E-state index >= 15 is 0 Å². The zero-order chi connectivity index (χ0) is 25.0. The van der Waals surface area contributed by atoms with Crippen molar-refractivity contribution < 1.29 is 18.0 Å². The van der Waals surface area contributed by atoms with Crippen LogP contribution in [-0.2, 0) is 17.4 Å². The fraction of sp³-hybridized carbons (Fsp3) is 0.259. The third-order valence-electron chi connectivity index (χ3n) is 5.93. The van der Waals surface area contributed by atoms with Crippen molar-refractivity contribution in [3.8, 4) is 0 Å². The molecule has 0 aliphatic rings. The summed E-state index contributed by atoms with van der Waals surface area (Å²) in [5, 5.41) is 7.21. The Morgan fingerprint density at radius 1 is 1.00 bits per heavy atom. The Balaban J connectivity index is 1.63. The van der Waals surface area contributed by atoms with Crippen LogP contribution in [0.15, 0.2) is 72.8 Å². The molecule has 35 heavy (non-hydrogen) atoms. The van der Waals surface area contributed by atoms with Gasteiger partial charge in [0, 0.05) is 13.1 Å². The Bertz CT molecular complexity index is 1290. The highest BCUT2D eigenvalue weighted by Gasteiger charge is 2.30. The smallest absolute Gasteiger partial charge is 0.358 e. The van der Waals surface area contributed by atoms with Crippen LogP contribution in [0.25, 0.3) is 10.2 Å². The molecule has 4 aromatic rings. The number of hydrogen-bond acceptors (Lipinski definition) is 4. The van der Waals surface area contributed by atoms with Gasteiger partial charge in [0.25, 0.3) is 0 Å². The number of aromatic nitrogens is 1. The van der Waals surface area contributed by atoms with Crippen LogP contribution >= 0.6 is 11.3 Å². The standard InChI is InChI=1S/C27H26F3N3OS/c1-17-32-23-15-11-20(16-24(23)35-17)22(14-10-18-8-12-21(13-9-18)27(28,29)30)33-25(26(34)31-2)19-6-4-3-5-7-19/h3-9,11-13,15-16,22,25,33H,10,14H2,1-2H3,(H,31,34). The number of thiazole rings is 1. The number of benzene rings is 3. The Hall–Kier alpha value is -3.23. The highest BCUT2D eigenvalue weighted by atomic mass is 32.1. The summed E-state index contributed by atoms with van der Waals surface area (Å²) in [6, 6.07) is 20.0. The fourth-order valence-electron chi connectivity index (χ4n) is 4.11. The number of fused-ring (bicyclic) bond motifs is 1. The van der Waals surface area contributed by atoms with Gasteiger partial charge in [0.2, 0.25) is 5.91 Å². The van der Waals surface area contributed by atoms with Crippen molar-refractivity contribution in [2.45, 2.75) is 38.0 Å². The van der Waals surface area contributed by atoms with Gasteiger partial charge in [0.1, 0.15) is 6.04 Å². The van der Waals surface area contributed by atoms with Crippen molar-refractivity contribution in [3.63, 3.8) is 0 Å². The van der Waals surface area contributed by atoms with Crippen molar-refractivity contribution in [3.05, 3.63) is 100 Å². The summed E-state index contributed by atoms with van der Waals surface area (Å²) in [6.07, 6.45) is -3.22. The van der Waals surface area contributed by atoms with Crippen molar-refractivity contribution in [2.75, 3.05) is 7.05 Å². The van der Waals surface area contributed by atoms with E-state index in [2.05, 4.69) is 21.7 Å². The molecule has 1 aromatic heterocycles. The molecule has 2 N–H and O–H groups in total. The largest absolute Gasteiger partial charge is 0.416 e. The number of alkyl halides is 3. The molecule has 4 rings (SSSR count). The maximum atomic E-state index is 12.9. The number of carbonyl (C=O) groups excluding carboxylic acids is 1. The predicted octanol–water partition coefficient (Wildman–Crippen LogP) is 6.37. The van der Waals surface area contributed by atoms with E-state index in [1.54, 1.807) is 18.4 Å². The minimum atomic E-state index is -4.36. The number of halogens is 3. The lowest BCUT2D eigenvalue weighted by Crippen LogP contribution is -2.38. The number of nitrogens with zero attached hydrogens (tertiary/aromatic N) is 1. The Kier molecular flexibility index (Phi) is 7.52. The molecule has 0 saturated heterocycles. The molecular weight excluding hydrogens is 471 g/mol. The lowest BCUT2D eigenvalue weighted by Gasteiger charge is -2.26. The van der Waals surface area contributed by atoms with E-state index < -0.39 is 17.8 Å². The molecule has 182 valence electrons. The molecule has 0 fully saturated rings. The number of rotatable bonds is 8. The maximum absolute atomic E-state index is 12.9. The molecular formula is C27H26F3N3OS. The Morgan fingerprint density at radius 3 is 2.37 bits per heavy atom. The van der Waals surface area contributed by atoms with Crippen LogP contribution in [0.3, 0.4) is 0 Å². The van der Waals surface area contributed by atoms with Gasteiger partial charge in [-0.3, -0.25) is 10.1 Å². The summed E-state index contributed by atoms with van der Waals surface area (Å²) in [7, 11) is 1.60. The topological polar surface area (TPSA) is 54.0 Å². The second-order valence-corrected chi connectivity index (χ2v) is 9.61. The summed E-state index contributed by atoms with van der Waals surface area (Å²) in [4.78, 5) is 17.3. The first-order valence-corrected chi connectivity index (χ1v) is 12.1. The Labute approximate surface area is 206 Å². The molecule has 0 radical (unpaired) electrons. The molecule has 2 unspecified atom stereocenters. The normalized spacial score (nSPS) is 13.5. The first-order chi connectivity index (χ1) is 16.7. The number of hydrogen-bond donors (Lipinski definition) is 2. The van der Waals surface area contributed by atoms with Crippen molar-refractivity contribution in [2.24, 2.45) is 0 Å². The molecule has 2 atom stereocenters. The van der Waals surface area contributed by atoms with E-state index in [-0.39, 0.29) is 11.9 Å². The molecule has 0 saturated carbocycles. The second kappa shape index (κ2) is 10.6. The van der Waals surface area contributed by atoms with Crippen LogP contribution < -0.4 is 10.6 Å². The van der Waals surface area contributed by atoms with Gasteiger partial charge in [-0.2, -0.15) is 13.2 Å². The molecule has 8 heteroatoms. The van der Waals surface area contributed by atoms with Gasteiger partial charge in [-0.1, -0.05) is 48.5 Å². The Morgan fingerprint density at radius 2 is 1.71 bits per heavy atom. The minimum Gasteiger partial charge on any atom is -0.358 e. The van der Waals surface area contributed by atoms with E-state index in [1.807, 2.05) is 49.4 Å². The molecule has 0 aliphatic carbocycles. The summed E-state index contributed by atoms with van der Waals surface area (Å²) in [5.74, 6) is -0.162. The predicted molar refractivity (Wildman–Crippen MR) is 133 cm³/mol. The van der Waals surface area contributed by atoms with E-state index in [9.17, 15) is 18.0 Å². The third-order valence-corrected chi connectivity index (χ3v) is 6.87. The van der Waals surface area contributed by atoms with E-state index in [0.717, 1.165) is 44.0 Å². The van der Waals surface area contributed by atoms with E-state index in [0.29, 0.717) is 12.8 Å². The van der Waals surface area contributed by atoms with Crippen molar-refractivity contribution in [1.82, 2.24) is 15.6 Å². The van der Waals surface area contributed by atoms with Crippen LogP contribution in [0.1, 0.15) is 45.8 Å². The van der Waals surface area contributed by atoms with Crippen LogP contribution in [0.4, 0.5) is 13.2 Å². The average Bonchev–Trinajstić information content (AvgIpc) is 3.23. The average molecular weight is 498 g/mol. The number of aryl methyl sites for hydroxylation is 2. The van der Waals surface area contributed by atoms with Crippen LogP contribution in [0, 0.1) is 6.92 Å². The number of carbonyl (C=O) groups is 1. The highest BCUT2D eigenvalue weighted by Crippen LogP contribution is 2.31. The van der Waals surface area contributed by atoms with Crippen LogP contribution in [0.2, 0.25) is 0 Å². The first-order valence-electron chi connectivity index (χ1n) is 11.3. The quantitative estimate of drug-likeness (QED) is 0.297. The number of amides is 1. The van der Waals surface area contributed by atoms with Gasteiger partial charge in [0.15, 0.2) is 0 Å². The van der Waals surface area contributed by atoms with Crippen molar-refractivity contribution >= 4 is 27.5 Å². The molecule has 0 spiro atoms. The van der Waals surface area contributed by atoms with Crippen LogP contribution in [0.5, 0.6) is 0 Å². The summed E-state index contributed by atoms with van der Waals surface area (Å²) >= 11 is 1.60.